The highest BCUT2D eigenvalue weighted by molar-refractivity contribution is 9.10. The van der Waals surface area contributed by atoms with Crippen molar-refractivity contribution in [3.8, 4) is 5.88 Å². The lowest BCUT2D eigenvalue weighted by Crippen LogP contribution is -2.05. The van der Waals surface area contributed by atoms with Gasteiger partial charge in [0.05, 0.1) is 12.1 Å². The number of benzene rings is 3. The van der Waals surface area contributed by atoms with Gasteiger partial charge in [-0.15, -0.1) is 10.2 Å². The average molecular weight is 507 g/mol. The van der Waals surface area contributed by atoms with Gasteiger partial charge in [-0.2, -0.15) is 0 Å². The molecule has 0 saturated heterocycles. The van der Waals surface area contributed by atoms with E-state index < -0.39 is 0 Å². The third-order valence-electron chi connectivity index (χ3n) is 5.11. The van der Waals surface area contributed by atoms with Crippen LogP contribution in [0, 0.1) is 20.8 Å². The van der Waals surface area contributed by atoms with Gasteiger partial charge in [-0.05, 0) is 80.0 Å². The van der Waals surface area contributed by atoms with Crippen LogP contribution in [0.4, 0.5) is 11.4 Å². The van der Waals surface area contributed by atoms with Crippen molar-refractivity contribution >= 4 is 55.5 Å². The zero-order chi connectivity index (χ0) is 22.8. The van der Waals surface area contributed by atoms with E-state index in [4.69, 9.17) is 12.2 Å². The highest BCUT2D eigenvalue weighted by atomic mass is 79.9. The molecule has 0 aliphatic rings. The summed E-state index contributed by atoms with van der Waals surface area (Å²) in [6.45, 7) is 6.63. The van der Waals surface area contributed by atoms with Crippen molar-refractivity contribution in [3.63, 3.8) is 0 Å². The first-order valence-corrected chi connectivity index (χ1v) is 11.4. The van der Waals surface area contributed by atoms with E-state index in [2.05, 4.69) is 56.6 Å². The highest BCUT2D eigenvalue weighted by Crippen LogP contribution is 2.40. The number of thiocarbonyl (C=S) groups is 1. The highest BCUT2D eigenvalue weighted by Gasteiger charge is 2.17. The molecule has 0 radical (unpaired) electrons. The number of aromatic hydroxyl groups is 1. The van der Waals surface area contributed by atoms with Crippen molar-refractivity contribution < 1.29 is 5.11 Å². The van der Waals surface area contributed by atoms with Crippen LogP contribution in [0.1, 0.15) is 22.3 Å². The standard InChI is InChI=1S/C25H23BrN4OS/c1-15-5-4-6-18(10-15)14-30-22-8-7-19(26)13-21(22)23(24(30)31)28-29-25(32)27-20-11-16(2)9-17(3)12-20/h4-13,31H,14H2,1-3H3,(H,27,32). The number of nitrogens with one attached hydrogen (secondary N) is 1. The second-order valence-electron chi connectivity index (χ2n) is 7.92. The number of azo groups is 1. The van der Waals surface area contributed by atoms with Crippen molar-refractivity contribution in [2.75, 3.05) is 5.32 Å². The van der Waals surface area contributed by atoms with E-state index in [1.165, 1.54) is 5.56 Å². The molecule has 4 aromatic rings. The minimum absolute atomic E-state index is 0.0533. The smallest absolute Gasteiger partial charge is 0.221 e. The number of aryl methyl sites for hydroxylation is 3. The van der Waals surface area contributed by atoms with Crippen molar-refractivity contribution in [2.24, 2.45) is 10.2 Å². The van der Waals surface area contributed by atoms with E-state index in [1.54, 1.807) is 0 Å². The second kappa shape index (κ2) is 9.22. The third kappa shape index (κ3) is 4.89. The molecule has 1 heterocycles. The molecule has 7 heteroatoms. The second-order valence-corrected chi connectivity index (χ2v) is 9.22. The van der Waals surface area contributed by atoms with Gasteiger partial charge in [0.2, 0.25) is 11.0 Å². The van der Waals surface area contributed by atoms with Crippen molar-refractivity contribution in [1.82, 2.24) is 4.57 Å². The lowest BCUT2D eigenvalue weighted by molar-refractivity contribution is 0.429. The van der Waals surface area contributed by atoms with E-state index in [9.17, 15) is 5.11 Å². The Balaban J connectivity index is 1.68. The predicted molar refractivity (Wildman–Crippen MR) is 138 cm³/mol. The molecule has 0 unspecified atom stereocenters. The number of hydrogen-bond acceptors (Lipinski definition) is 3. The predicted octanol–water partition coefficient (Wildman–Crippen LogP) is 7.56. The van der Waals surface area contributed by atoms with Crippen LogP contribution in [-0.2, 0) is 6.54 Å². The van der Waals surface area contributed by atoms with Gasteiger partial charge in [-0.25, -0.2) is 0 Å². The van der Waals surface area contributed by atoms with Gasteiger partial charge in [-0.1, -0.05) is 51.8 Å². The molecule has 32 heavy (non-hydrogen) atoms. The van der Waals surface area contributed by atoms with Crippen LogP contribution in [0.5, 0.6) is 5.88 Å². The van der Waals surface area contributed by atoms with E-state index in [0.717, 1.165) is 37.8 Å². The fourth-order valence-electron chi connectivity index (χ4n) is 3.84. The largest absolute Gasteiger partial charge is 0.493 e. The first-order chi connectivity index (χ1) is 15.3. The van der Waals surface area contributed by atoms with Crippen LogP contribution < -0.4 is 5.32 Å². The Hall–Kier alpha value is -3.03. The maximum atomic E-state index is 11.0. The van der Waals surface area contributed by atoms with Gasteiger partial charge >= 0.3 is 0 Å². The number of hydrogen-bond donors (Lipinski definition) is 2. The summed E-state index contributed by atoms with van der Waals surface area (Å²) in [5, 5.41) is 23.7. The topological polar surface area (TPSA) is 61.9 Å². The van der Waals surface area contributed by atoms with Gasteiger partial charge in [0.1, 0.15) is 0 Å². The Kier molecular flexibility index (Phi) is 6.39. The van der Waals surface area contributed by atoms with E-state index in [0.29, 0.717) is 12.2 Å². The first-order valence-electron chi connectivity index (χ1n) is 10.2. The zero-order valence-corrected chi connectivity index (χ0v) is 20.5. The number of rotatable bonds is 4. The maximum absolute atomic E-state index is 11.0. The Morgan fingerprint density at radius 3 is 2.47 bits per heavy atom. The molecule has 0 fully saturated rings. The summed E-state index contributed by atoms with van der Waals surface area (Å²) in [7, 11) is 0. The molecule has 0 saturated carbocycles. The molecule has 1 aromatic heterocycles. The Morgan fingerprint density at radius 1 is 1.00 bits per heavy atom. The van der Waals surface area contributed by atoms with Crippen LogP contribution in [-0.4, -0.2) is 14.8 Å². The van der Waals surface area contributed by atoms with Gasteiger partial charge in [0, 0.05) is 15.5 Å². The van der Waals surface area contributed by atoms with Gasteiger partial charge in [0.25, 0.3) is 0 Å². The zero-order valence-electron chi connectivity index (χ0n) is 18.1. The Labute approximate surface area is 200 Å². The number of nitrogens with zero attached hydrogens (tertiary/aromatic N) is 3. The summed E-state index contributed by atoms with van der Waals surface area (Å²) in [5.41, 5.74) is 6.65. The summed E-state index contributed by atoms with van der Waals surface area (Å²) in [6, 6.07) is 20.1. The molecule has 0 spiro atoms. The molecule has 2 N–H and O–H groups in total. The number of fused-ring (bicyclic) bond motifs is 1. The lowest BCUT2D eigenvalue weighted by Gasteiger charge is -2.08. The number of halogens is 1. The molecule has 0 bridgehead atoms. The molecule has 3 aromatic carbocycles. The molecule has 4 rings (SSSR count). The molecule has 162 valence electrons. The average Bonchev–Trinajstić information content (AvgIpc) is 2.96. The monoisotopic (exact) mass is 506 g/mol. The summed E-state index contributed by atoms with van der Waals surface area (Å²) in [5.74, 6) is 0.0533. The van der Waals surface area contributed by atoms with E-state index in [1.807, 2.05) is 60.9 Å². The minimum Gasteiger partial charge on any atom is -0.493 e. The van der Waals surface area contributed by atoms with Crippen LogP contribution in [0.15, 0.2) is 75.4 Å². The molecule has 0 amide bonds. The fraction of sp³-hybridized carbons (Fsp3) is 0.160. The maximum Gasteiger partial charge on any atom is 0.221 e. The van der Waals surface area contributed by atoms with Crippen LogP contribution >= 0.6 is 28.1 Å². The Morgan fingerprint density at radius 2 is 1.75 bits per heavy atom. The summed E-state index contributed by atoms with van der Waals surface area (Å²) >= 11 is 8.88. The van der Waals surface area contributed by atoms with Crippen molar-refractivity contribution in [3.05, 3.63) is 87.4 Å². The van der Waals surface area contributed by atoms with Gasteiger partial charge in [-0.3, -0.25) is 0 Å². The number of aromatic nitrogens is 1. The third-order valence-corrected chi connectivity index (χ3v) is 5.79. The minimum atomic E-state index is 0.0533. The summed E-state index contributed by atoms with van der Waals surface area (Å²) < 4.78 is 2.73. The van der Waals surface area contributed by atoms with Crippen LogP contribution in [0.2, 0.25) is 0 Å². The molecule has 5 nitrogen and oxygen atoms in total. The van der Waals surface area contributed by atoms with Crippen molar-refractivity contribution in [2.45, 2.75) is 27.3 Å². The fourth-order valence-corrected chi connectivity index (χ4v) is 4.36. The molecular formula is C25H23BrN4OS. The first kappa shape index (κ1) is 22.2. The van der Waals surface area contributed by atoms with Gasteiger partial charge < -0.3 is 15.0 Å². The molecule has 0 aliphatic carbocycles. The van der Waals surface area contributed by atoms with E-state index in [-0.39, 0.29) is 11.0 Å². The van der Waals surface area contributed by atoms with Crippen molar-refractivity contribution in [1.29, 1.82) is 0 Å². The Bertz CT molecular complexity index is 1340. The van der Waals surface area contributed by atoms with Crippen LogP contribution in [0.3, 0.4) is 0 Å². The van der Waals surface area contributed by atoms with Gasteiger partial charge in [0.15, 0.2) is 5.69 Å². The summed E-state index contributed by atoms with van der Waals surface area (Å²) in [4.78, 5) is 0. The summed E-state index contributed by atoms with van der Waals surface area (Å²) in [6.07, 6.45) is 0. The molecular weight excluding hydrogens is 484 g/mol. The van der Waals surface area contributed by atoms with E-state index >= 15 is 0 Å². The lowest BCUT2D eigenvalue weighted by atomic mass is 10.1. The normalized spacial score (nSPS) is 11.4. The quantitative estimate of drug-likeness (QED) is 0.221. The SMILES string of the molecule is Cc1cccc(Cn2c(O)c(N=NC(=S)Nc3cc(C)cc(C)c3)c3cc(Br)ccc32)c1. The molecule has 0 aliphatic heterocycles. The molecule has 0 atom stereocenters. The number of anilines is 1. The van der Waals surface area contributed by atoms with Crippen LogP contribution in [0.25, 0.3) is 10.9 Å².